The molecule has 0 aromatic heterocycles. The average Bonchev–Trinajstić information content (AvgIpc) is 2.62. The Morgan fingerprint density at radius 1 is 1.30 bits per heavy atom. The van der Waals surface area contributed by atoms with Gasteiger partial charge in [-0.1, -0.05) is 6.08 Å². The number of alkyl halides is 2. The lowest BCUT2D eigenvalue weighted by molar-refractivity contribution is -0.138. The van der Waals surface area contributed by atoms with Gasteiger partial charge >= 0.3 is 12.0 Å². The van der Waals surface area contributed by atoms with Crippen LogP contribution in [0.1, 0.15) is 19.8 Å². The molecule has 0 radical (unpaired) electrons. The Hall–Kier alpha value is -1.44. The highest BCUT2D eigenvalue weighted by atomic mass is 35.5. The number of aliphatic carboxylic acids is 1. The predicted molar refractivity (Wildman–Crippen MR) is 122 cm³/mol. The highest BCUT2D eigenvalue weighted by Crippen LogP contribution is 2.03. The number of aliphatic imine (C=N–C) groups is 1. The molecule has 16 heteroatoms. The van der Waals surface area contributed by atoms with Gasteiger partial charge in [0, 0.05) is 18.3 Å². The van der Waals surface area contributed by atoms with Crippen molar-refractivity contribution in [2.75, 3.05) is 31.4 Å². The van der Waals surface area contributed by atoms with Crippen LogP contribution < -0.4 is 16.8 Å². The number of carboxylic acids is 1. The van der Waals surface area contributed by atoms with Crippen LogP contribution in [0.15, 0.2) is 22.2 Å². The van der Waals surface area contributed by atoms with Crippen LogP contribution in [-0.4, -0.2) is 70.9 Å². The van der Waals surface area contributed by atoms with Crippen molar-refractivity contribution < 1.29 is 24.6 Å². The maximum Gasteiger partial charge on any atom is 0.340 e. The lowest BCUT2D eigenvalue weighted by Crippen LogP contribution is -2.38. The molecule has 0 saturated heterocycles. The summed E-state index contributed by atoms with van der Waals surface area (Å²) in [6, 6.07) is -1.53. The van der Waals surface area contributed by atoms with E-state index < -0.39 is 23.9 Å². The molecule has 0 aliphatic carbocycles. The highest BCUT2D eigenvalue weighted by molar-refractivity contribution is 6.18. The molecule has 180 valence electrons. The highest BCUT2D eigenvalue weighted by Gasteiger charge is 2.11. The average molecular weight is 522 g/mol. The van der Waals surface area contributed by atoms with E-state index in [1.165, 1.54) is 6.08 Å². The van der Waals surface area contributed by atoms with Crippen LogP contribution >= 0.6 is 48.0 Å². The normalized spacial score (nSPS) is 11.2. The summed E-state index contributed by atoms with van der Waals surface area (Å²) in [5.74, 6) is -0.753. The number of carbonyl (C=O) groups is 2. The SMILES string of the molecule is CC(N)=NC/C(F)=C\CC[C@H](N)C(=O)O.Cl.Cl.O.O=NN(CCCl)C(=O)NCCCl. The molecule has 0 spiro atoms. The molecule has 0 aliphatic heterocycles. The van der Waals surface area contributed by atoms with E-state index in [4.69, 9.17) is 39.8 Å². The molecule has 0 heterocycles. The fourth-order valence-electron chi connectivity index (χ4n) is 1.31. The number of carboxylic acid groups (broad SMARTS) is 1. The van der Waals surface area contributed by atoms with E-state index in [1.807, 2.05) is 0 Å². The Labute approximate surface area is 196 Å². The standard InChI is InChI=1S/C9H16FN3O2.C5H9Cl2N3O2.2ClH.H2O/c1-6(11)13-5-7(10)3-2-4-8(12)9(14)15;6-1-3-8-5(11)10(9-12)4-2-7;;;/h3,8H,2,4-5,12H2,1H3,(H2,11,13)(H,14,15);1-4H2,(H,8,11);2*1H;1H2/b7-3+;;;;/t8-;;;;/m0..../s1. The number of hydrogen-bond acceptors (Lipinski definition) is 6. The van der Waals surface area contributed by atoms with E-state index in [-0.39, 0.29) is 62.1 Å². The summed E-state index contributed by atoms with van der Waals surface area (Å²) in [6.45, 7) is 1.85. The van der Waals surface area contributed by atoms with Gasteiger partial charge in [-0.25, -0.2) is 9.18 Å². The molecule has 0 aromatic rings. The first-order valence-corrected chi connectivity index (χ1v) is 8.86. The molecule has 30 heavy (non-hydrogen) atoms. The van der Waals surface area contributed by atoms with E-state index in [1.54, 1.807) is 6.92 Å². The number of allylic oxidation sites excluding steroid dienone is 1. The quantitative estimate of drug-likeness (QED) is 0.105. The zero-order chi connectivity index (χ0) is 21.2. The number of amidine groups is 1. The molecule has 0 rings (SSSR count). The Balaban J connectivity index is -0.000000129. The maximum absolute atomic E-state index is 12.9. The first kappa shape index (κ1) is 39.1. The molecule has 11 nitrogen and oxygen atoms in total. The van der Waals surface area contributed by atoms with Crippen LogP contribution in [-0.2, 0) is 4.79 Å². The topological polar surface area (TPSA) is 195 Å². The second-order valence-electron chi connectivity index (χ2n) is 4.95. The number of rotatable bonds is 11. The summed E-state index contributed by atoms with van der Waals surface area (Å²) < 4.78 is 12.9. The van der Waals surface area contributed by atoms with Crippen molar-refractivity contribution in [1.82, 2.24) is 10.3 Å². The van der Waals surface area contributed by atoms with Gasteiger partial charge < -0.3 is 27.4 Å². The first-order chi connectivity index (χ1) is 12.7. The third kappa shape index (κ3) is 24.6. The molecule has 8 N–H and O–H groups in total. The number of nitrogens with two attached hydrogens (primary N) is 2. The fourth-order valence-corrected chi connectivity index (χ4v) is 1.57. The summed E-state index contributed by atoms with van der Waals surface area (Å²) in [4.78, 5) is 34.9. The van der Waals surface area contributed by atoms with E-state index in [0.29, 0.717) is 23.3 Å². The largest absolute Gasteiger partial charge is 0.480 e. The Kier molecular flexibility index (Phi) is 33.3. The van der Waals surface area contributed by atoms with Gasteiger partial charge in [0.1, 0.15) is 11.9 Å². The smallest absolute Gasteiger partial charge is 0.340 e. The number of carbonyl (C=O) groups excluding carboxylic acids is 1. The number of nitrogens with one attached hydrogen (secondary N) is 1. The molecule has 0 aromatic carbocycles. The van der Waals surface area contributed by atoms with Gasteiger partial charge in [-0.3, -0.25) is 9.79 Å². The molecule has 0 unspecified atom stereocenters. The van der Waals surface area contributed by atoms with E-state index in [0.717, 1.165) is 0 Å². The molecular formula is C14H29Cl4FN6O5. The van der Waals surface area contributed by atoms with Crippen LogP contribution in [0.2, 0.25) is 0 Å². The minimum absolute atomic E-state index is 0. The maximum atomic E-state index is 12.9. The van der Waals surface area contributed by atoms with Crippen molar-refractivity contribution in [1.29, 1.82) is 0 Å². The van der Waals surface area contributed by atoms with Gasteiger partial charge in [-0.15, -0.1) is 52.9 Å². The molecule has 0 saturated carbocycles. The molecule has 0 aliphatic rings. The van der Waals surface area contributed by atoms with Gasteiger partial charge in [0.25, 0.3) is 0 Å². The summed E-state index contributed by atoms with van der Waals surface area (Å²) in [5.41, 5.74) is 10.4. The Bertz CT molecular complexity index is 527. The van der Waals surface area contributed by atoms with Gasteiger partial charge in [0.2, 0.25) is 0 Å². The van der Waals surface area contributed by atoms with Crippen LogP contribution in [0.25, 0.3) is 0 Å². The van der Waals surface area contributed by atoms with Crippen LogP contribution in [0.5, 0.6) is 0 Å². The number of nitroso groups, excluding NO2 is 1. The number of urea groups is 1. The van der Waals surface area contributed by atoms with Crippen molar-refractivity contribution in [2.45, 2.75) is 25.8 Å². The fraction of sp³-hybridized carbons (Fsp3) is 0.643. The van der Waals surface area contributed by atoms with E-state index >= 15 is 0 Å². The molecule has 1 atom stereocenters. The lowest BCUT2D eigenvalue weighted by Gasteiger charge is -2.11. The number of hydrogen-bond donors (Lipinski definition) is 4. The van der Waals surface area contributed by atoms with Crippen molar-refractivity contribution in [3.63, 3.8) is 0 Å². The third-order valence-electron chi connectivity index (χ3n) is 2.64. The lowest BCUT2D eigenvalue weighted by atomic mass is 10.1. The minimum Gasteiger partial charge on any atom is -0.480 e. The van der Waals surface area contributed by atoms with Crippen LogP contribution in [0, 0.1) is 4.91 Å². The van der Waals surface area contributed by atoms with Crippen molar-refractivity contribution in [2.24, 2.45) is 21.7 Å². The van der Waals surface area contributed by atoms with Gasteiger partial charge in [0.05, 0.1) is 24.2 Å². The summed E-state index contributed by atoms with van der Waals surface area (Å²) in [7, 11) is 0. The monoisotopic (exact) mass is 520 g/mol. The summed E-state index contributed by atoms with van der Waals surface area (Å²) in [5, 5.41) is 14.0. The van der Waals surface area contributed by atoms with Crippen molar-refractivity contribution in [3.8, 4) is 0 Å². The number of amides is 2. The molecule has 2 amide bonds. The number of nitrogens with zero attached hydrogens (tertiary/aromatic N) is 3. The predicted octanol–water partition coefficient (Wildman–Crippen LogP) is 1.58. The second-order valence-corrected chi connectivity index (χ2v) is 5.70. The Morgan fingerprint density at radius 2 is 1.87 bits per heavy atom. The van der Waals surface area contributed by atoms with Crippen molar-refractivity contribution in [3.05, 3.63) is 16.8 Å². The van der Waals surface area contributed by atoms with Crippen LogP contribution in [0.3, 0.4) is 0 Å². The second kappa shape index (κ2) is 25.6. The molecular weight excluding hydrogens is 493 g/mol. The van der Waals surface area contributed by atoms with Gasteiger partial charge in [-0.2, -0.15) is 5.01 Å². The minimum atomic E-state index is -1.08. The third-order valence-corrected chi connectivity index (χ3v) is 3.00. The van der Waals surface area contributed by atoms with E-state index in [9.17, 15) is 18.9 Å². The molecule has 0 fully saturated rings. The van der Waals surface area contributed by atoms with Gasteiger partial charge in [0.15, 0.2) is 0 Å². The first-order valence-electron chi connectivity index (χ1n) is 7.79. The Morgan fingerprint density at radius 3 is 2.27 bits per heavy atom. The summed E-state index contributed by atoms with van der Waals surface area (Å²) >= 11 is 10.6. The zero-order valence-electron chi connectivity index (χ0n) is 16.2. The molecule has 0 bridgehead atoms. The van der Waals surface area contributed by atoms with Crippen molar-refractivity contribution >= 4 is 65.9 Å². The number of halogens is 5. The zero-order valence-corrected chi connectivity index (χ0v) is 19.4. The summed E-state index contributed by atoms with van der Waals surface area (Å²) in [6.07, 6.45) is 1.75. The van der Waals surface area contributed by atoms with E-state index in [2.05, 4.69) is 15.6 Å². The van der Waals surface area contributed by atoms with Crippen LogP contribution in [0.4, 0.5) is 9.18 Å². The van der Waals surface area contributed by atoms with Gasteiger partial charge in [-0.05, 0) is 19.8 Å².